The third-order valence-corrected chi connectivity index (χ3v) is 1.71. The number of ether oxygens (including phenoxy) is 1. The normalized spacial score (nSPS) is 9.64. The fourth-order valence-corrected chi connectivity index (χ4v) is 1.37. The largest absolute Gasteiger partial charge is 0.522 e. The van der Waals surface area contributed by atoms with E-state index >= 15 is 0 Å². The molecule has 0 aliphatic carbocycles. The zero-order chi connectivity index (χ0) is 8.85. The maximum absolute atomic E-state index is 5.55. The van der Waals surface area contributed by atoms with Gasteiger partial charge >= 0.3 is 0 Å². The lowest BCUT2D eigenvalue weighted by molar-refractivity contribution is 0.112. The summed E-state index contributed by atoms with van der Waals surface area (Å²) in [6.45, 7) is 10.9. The highest BCUT2D eigenvalue weighted by atomic mass is 28.3. The Morgan fingerprint density at radius 2 is 1.82 bits per heavy atom. The molecule has 0 saturated heterocycles. The molecule has 0 spiro atoms. The van der Waals surface area contributed by atoms with E-state index in [2.05, 4.69) is 13.1 Å². The van der Waals surface area contributed by atoms with E-state index in [0.717, 1.165) is 11.5 Å². The van der Waals surface area contributed by atoms with Crippen molar-refractivity contribution in [2.75, 3.05) is 6.61 Å². The third-order valence-electron chi connectivity index (χ3n) is 1.03. The quantitative estimate of drug-likeness (QED) is 0.481. The maximum Gasteiger partial charge on any atom is 0.263 e. The van der Waals surface area contributed by atoms with Crippen LogP contribution in [0.5, 0.6) is 0 Å². The van der Waals surface area contributed by atoms with Crippen LogP contribution in [0.2, 0.25) is 13.1 Å². The predicted molar refractivity (Wildman–Crippen MR) is 50.0 cm³/mol. The molecular formula is C8H18O2Si. The second kappa shape index (κ2) is 5.24. The summed E-state index contributed by atoms with van der Waals surface area (Å²) in [6.07, 6.45) is 0. The lowest BCUT2D eigenvalue weighted by atomic mass is 10.4. The van der Waals surface area contributed by atoms with Crippen LogP contribution < -0.4 is 0 Å². The van der Waals surface area contributed by atoms with Crippen LogP contribution in [0.15, 0.2) is 11.5 Å². The Morgan fingerprint density at radius 3 is 2.09 bits per heavy atom. The molecule has 0 unspecified atom stereocenters. The van der Waals surface area contributed by atoms with E-state index in [4.69, 9.17) is 9.16 Å². The molecule has 0 aromatic rings. The van der Waals surface area contributed by atoms with Gasteiger partial charge in [0.1, 0.15) is 0 Å². The van der Waals surface area contributed by atoms with E-state index in [0.29, 0.717) is 6.61 Å². The van der Waals surface area contributed by atoms with E-state index in [-0.39, 0.29) is 0 Å². The molecule has 0 aromatic heterocycles. The van der Waals surface area contributed by atoms with Crippen LogP contribution in [-0.2, 0) is 9.16 Å². The first-order chi connectivity index (χ1) is 5.07. The van der Waals surface area contributed by atoms with Gasteiger partial charge in [0, 0.05) is 5.57 Å². The summed E-state index contributed by atoms with van der Waals surface area (Å²) >= 11 is 0. The zero-order valence-electron chi connectivity index (χ0n) is 8.10. The van der Waals surface area contributed by atoms with Gasteiger partial charge in [0.2, 0.25) is 9.04 Å². The molecule has 0 aliphatic heterocycles. The van der Waals surface area contributed by atoms with E-state index in [1.165, 1.54) is 0 Å². The van der Waals surface area contributed by atoms with Gasteiger partial charge in [0.05, 0.1) is 6.61 Å². The van der Waals surface area contributed by atoms with Gasteiger partial charge in [-0.05, 0) is 33.9 Å². The number of hydrogen-bond donors (Lipinski definition) is 0. The number of hydrogen-bond acceptors (Lipinski definition) is 2. The van der Waals surface area contributed by atoms with Gasteiger partial charge in [-0.15, -0.1) is 0 Å². The summed E-state index contributed by atoms with van der Waals surface area (Å²) in [5, 5.41) is 0. The topological polar surface area (TPSA) is 18.5 Å². The van der Waals surface area contributed by atoms with Crippen LogP contribution in [0, 0.1) is 0 Å². The van der Waals surface area contributed by atoms with Crippen molar-refractivity contribution in [1.82, 2.24) is 0 Å². The monoisotopic (exact) mass is 174 g/mol. The number of allylic oxidation sites excluding steroid dienone is 1. The summed E-state index contributed by atoms with van der Waals surface area (Å²) in [5.41, 5.74) is 1.12. The molecule has 66 valence electrons. The van der Waals surface area contributed by atoms with Crippen molar-refractivity contribution in [3.05, 3.63) is 11.5 Å². The zero-order valence-corrected chi connectivity index (χ0v) is 9.26. The summed E-state index contributed by atoms with van der Waals surface area (Å²) in [5.74, 6) is 0.731. The minimum Gasteiger partial charge on any atom is -0.522 e. The maximum atomic E-state index is 5.55. The minimum absolute atomic E-state index is 0.682. The first kappa shape index (κ1) is 10.6. The van der Waals surface area contributed by atoms with Crippen LogP contribution >= 0.6 is 0 Å². The molecule has 11 heavy (non-hydrogen) atoms. The average molecular weight is 174 g/mol. The molecule has 0 saturated carbocycles. The molecule has 0 bridgehead atoms. The van der Waals surface area contributed by atoms with Crippen LogP contribution in [0.3, 0.4) is 0 Å². The van der Waals surface area contributed by atoms with E-state index in [1.807, 2.05) is 20.8 Å². The van der Waals surface area contributed by atoms with Crippen LogP contribution in [0.4, 0.5) is 0 Å². The first-order valence-electron chi connectivity index (χ1n) is 4.04. The van der Waals surface area contributed by atoms with Crippen LogP contribution in [0.25, 0.3) is 0 Å². The van der Waals surface area contributed by atoms with Crippen molar-refractivity contribution in [2.45, 2.75) is 33.9 Å². The van der Waals surface area contributed by atoms with Gasteiger partial charge in [-0.2, -0.15) is 0 Å². The van der Waals surface area contributed by atoms with Gasteiger partial charge in [-0.25, -0.2) is 0 Å². The minimum atomic E-state index is -0.999. The van der Waals surface area contributed by atoms with Gasteiger partial charge in [0.25, 0.3) is 5.95 Å². The van der Waals surface area contributed by atoms with Gasteiger partial charge in [0.15, 0.2) is 0 Å². The smallest absolute Gasteiger partial charge is 0.263 e. The Morgan fingerprint density at radius 1 is 1.27 bits per heavy atom. The van der Waals surface area contributed by atoms with Crippen LogP contribution in [0.1, 0.15) is 20.8 Å². The molecular weight excluding hydrogens is 156 g/mol. The molecule has 0 radical (unpaired) electrons. The van der Waals surface area contributed by atoms with Crippen molar-refractivity contribution in [3.8, 4) is 0 Å². The lowest BCUT2D eigenvalue weighted by Gasteiger charge is -2.14. The van der Waals surface area contributed by atoms with Crippen LogP contribution in [-0.4, -0.2) is 15.6 Å². The predicted octanol–water partition coefficient (Wildman–Crippen LogP) is 2.27. The molecule has 0 atom stereocenters. The fourth-order valence-electron chi connectivity index (χ4n) is 0.641. The molecule has 0 fully saturated rings. The molecule has 3 heteroatoms. The van der Waals surface area contributed by atoms with E-state index in [1.54, 1.807) is 0 Å². The van der Waals surface area contributed by atoms with Crippen molar-refractivity contribution in [2.24, 2.45) is 0 Å². The SMILES string of the molecule is CCOC(O[SiH](C)C)=C(C)C. The van der Waals surface area contributed by atoms with Crippen molar-refractivity contribution in [1.29, 1.82) is 0 Å². The molecule has 2 nitrogen and oxygen atoms in total. The highest BCUT2D eigenvalue weighted by Crippen LogP contribution is 2.08. The summed E-state index contributed by atoms with van der Waals surface area (Å²) < 4.78 is 10.9. The Hall–Kier alpha value is -0.443. The van der Waals surface area contributed by atoms with E-state index < -0.39 is 9.04 Å². The van der Waals surface area contributed by atoms with E-state index in [9.17, 15) is 0 Å². The second-order valence-electron chi connectivity index (χ2n) is 2.89. The standard InChI is InChI=1S/C8H18O2Si/c1-6-9-8(7(2)3)10-11(4)5/h11H,6H2,1-5H3. The Labute approximate surface area is 70.9 Å². The summed E-state index contributed by atoms with van der Waals surface area (Å²) in [6, 6.07) is 0. The summed E-state index contributed by atoms with van der Waals surface area (Å²) in [4.78, 5) is 0. The molecule has 0 amide bonds. The molecule has 0 heterocycles. The second-order valence-corrected chi connectivity index (χ2v) is 5.22. The molecule has 0 aromatic carbocycles. The Kier molecular flexibility index (Phi) is 5.03. The molecule has 0 aliphatic rings. The Bertz CT molecular complexity index is 137. The van der Waals surface area contributed by atoms with Gasteiger partial charge in [-0.3, -0.25) is 0 Å². The average Bonchev–Trinajstić information content (AvgIpc) is 1.86. The molecule has 0 N–H and O–H groups in total. The van der Waals surface area contributed by atoms with Crippen molar-refractivity contribution in [3.63, 3.8) is 0 Å². The van der Waals surface area contributed by atoms with Gasteiger partial charge in [-0.1, -0.05) is 0 Å². The fraction of sp³-hybridized carbons (Fsp3) is 0.750. The highest BCUT2D eigenvalue weighted by Gasteiger charge is 2.04. The van der Waals surface area contributed by atoms with Crippen molar-refractivity contribution < 1.29 is 9.16 Å². The Balaban J connectivity index is 4.02. The summed E-state index contributed by atoms with van der Waals surface area (Å²) in [7, 11) is -0.999. The first-order valence-corrected chi connectivity index (χ1v) is 6.83. The third kappa shape index (κ3) is 4.90. The number of rotatable bonds is 4. The van der Waals surface area contributed by atoms with Gasteiger partial charge < -0.3 is 9.16 Å². The lowest BCUT2D eigenvalue weighted by Crippen LogP contribution is -2.10. The van der Waals surface area contributed by atoms with Crippen molar-refractivity contribution >= 4 is 9.04 Å². The highest BCUT2D eigenvalue weighted by molar-refractivity contribution is 6.48. The molecule has 0 rings (SSSR count).